The van der Waals surface area contributed by atoms with Crippen LogP contribution in [0.1, 0.15) is 23.0 Å². The van der Waals surface area contributed by atoms with E-state index in [4.69, 9.17) is 5.73 Å². The Balaban J connectivity index is 2.28. The Morgan fingerprint density at radius 1 is 1.72 bits per heavy atom. The molecule has 0 fully saturated rings. The van der Waals surface area contributed by atoms with Gasteiger partial charge in [-0.3, -0.25) is 4.79 Å². The first kappa shape index (κ1) is 12.5. The normalized spacial score (nSPS) is 12.3. The highest BCUT2D eigenvalue weighted by molar-refractivity contribution is 7.21. The van der Waals surface area contributed by atoms with Crippen LogP contribution in [0.4, 0.5) is 5.69 Å². The summed E-state index contributed by atoms with van der Waals surface area (Å²) in [6, 6.07) is 1.80. The van der Waals surface area contributed by atoms with E-state index in [-0.39, 0.29) is 11.9 Å². The topological polar surface area (TPSA) is 80.9 Å². The molecule has 18 heavy (non-hydrogen) atoms. The molecule has 0 spiro atoms. The van der Waals surface area contributed by atoms with Gasteiger partial charge in [0.15, 0.2) is 0 Å². The molecule has 6 heteroatoms. The quantitative estimate of drug-likeness (QED) is 0.825. The third kappa shape index (κ3) is 2.33. The van der Waals surface area contributed by atoms with Gasteiger partial charge < -0.3 is 11.1 Å². The molecule has 2 aromatic heterocycles. The van der Waals surface area contributed by atoms with Crippen LogP contribution in [0.5, 0.6) is 0 Å². The maximum atomic E-state index is 12.1. The molecule has 0 aliphatic rings. The molecule has 1 amide bonds. The molecule has 0 radical (unpaired) electrons. The number of nitrogens with zero attached hydrogens (tertiary/aromatic N) is 2. The van der Waals surface area contributed by atoms with Crippen LogP contribution >= 0.6 is 11.3 Å². The molecule has 0 saturated heterocycles. The van der Waals surface area contributed by atoms with Crippen LogP contribution in [0.2, 0.25) is 0 Å². The zero-order chi connectivity index (χ0) is 13.1. The summed E-state index contributed by atoms with van der Waals surface area (Å²) in [4.78, 5) is 13.2. The molecule has 0 aliphatic carbocycles. The van der Waals surface area contributed by atoms with Crippen molar-refractivity contribution in [2.75, 3.05) is 5.73 Å². The van der Waals surface area contributed by atoms with Crippen molar-refractivity contribution < 1.29 is 4.79 Å². The second kappa shape index (κ2) is 5.14. The van der Waals surface area contributed by atoms with Gasteiger partial charge in [-0.2, -0.15) is 5.10 Å². The van der Waals surface area contributed by atoms with E-state index in [1.807, 2.05) is 6.92 Å². The van der Waals surface area contributed by atoms with Crippen molar-refractivity contribution in [3.05, 3.63) is 29.8 Å². The SMILES string of the molecule is C=CCC(C)NC(=O)c1sc2nnccc2c1N. The minimum Gasteiger partial charge on any atom is -0.397 e. The summed E-state index contributed by atoms with van der Waals surface area (Å²) in [5.41, 5.74) is 6.42. The van der Waals surface area contributed by atoms with Crippen LogP contribution in [0, 0.1) is 0 Å². The molecular weight excluding hydrogens is 248 g/mol. The molecule has 3 N–H and O–H groups in total. The predicted octanol–water partition coefficient (Wildman–Crippen LogP) is 1.97. The van der Waals surface area contributed by atoms with Crippen LogP contribution in [-0.4, -0.2) is 22.1 Å². The minimum atomic E-state index is -0.176. The van der Waals surface area contributed by atoms with Gasteiger partial charge in [-0.05, 0) is 19.4 Å². The van der Waals surface area contributed by atoms with Crippen molar-refractivity contribution >= 4 is 33.1 Å². The molecule has 2 aromatic rings. The maximum absolute atomic E-state index is 12.1. The first-order valence-electron chi connectivity index (χ1n) is 5.55. The van der Waals surface area contributed by atoms with Crippen molar-refractivity contribution in [3.8, 4) is 0 Å². The lowest BCUT2D eigenvalue weighted by atomic mass is 10.2. The average molecular weight is 262 g/mol. The molecule has 94 valence electrons. The lowest BCUT2D eigenvalue weighted by molar-refractivity contribution is 0.0945. The molecule has 2 heterocycles. The monoisotopic (exact) mass is 262 g/mol. The number of aromatic nitrogens is 2. The smallest absolute Gasteiger partial charge is 0.263 e. The summed E-state index contributed by atoms with van der Waals surface area (Å²) in [7, 11) is 0. The van der Waals surface area contributed by atoms with E-state index in [0.717, 1.165) is 11.8 Å². The van der Waals surface area contributed by atoms with Crippen molar-refractivity contribution in [3.63, 3.8) is 0 Å². The number of rotatable bonds is 4. The lowest BCUT2D eigenvalue weighted by Crippen LogP contribution is -2.31. The molecule has 0 bridgehead atoms. The second-order valence-corrected chi connectivity index (χ2v) is 4.99. The van der Waals surface area contributed by atoms with Gasteiger partial charge in [0.25, 0.3) is 5.91 Å². The standard InChI is InChI=1S/C12H14N4OS/c1-3-4-7(2)15-11(17)10-9(13)8-5-6-14-16-12(8)18-10/h3,5-7H,1,4,13H2,2H3,(H,15,17). The summed E-state index contributed by atoms with van der Waals surface area (Å²) < 4.78 is 0. The summed E-state index contributed by atoms with van der Waals surface area (Å²) in [6.07, 6.45) is 4.05. The molecule has 0 saturated carbocycles. The van der Waals surface area contributed by atoms with E-state index in [1.165, 1.54) is 11.3 Å². The molecule has 5 nitrogen and oxygen atoms in total. The van der Waals surface area contributed by atoms with Crippen LogP contribution in [0.25, 0.3) is 10.2 Å². The van der Waals surface area contributed by atoms with E-state index in [0.29, 0.717) is 15.4 Å². The Hall–Kier alpha value is -1.95. The second-order valence-electron chi connectivity index (χ2n) is 3.99. The fraction of sp³-hybridized carbons (Fsp3) is 0.250. The van der Waals surface area contributed by atoms with E-state index in [9.17, 15) is 4.79 Å². The van der Waals surface area contributed by atoms with Crippen LogP contribution in [0.15, 0.2) is 24.9 Å². The van der Waals surface area contributed by atoms with E-state index in [2.05, 4.69) is 22.1 Å². The number of carbonyl (C=O) groups excluding carboxylic acids is 1. The van der Waals surface area contributed by atoms with E-state index < -0.39 is 0 Å². The number of thiophene rings is 1. The van der Waals surface area contributed by atoms with Gasteiger partial charge in [-0.1, -0.05) is 6.08 Å². The zero-order valence-electron chi connectivity index (χ0n) is 10.0. The number of nitrogens with one attached hydrogen (secondary N) is 1. The van der Waals surface area contributed by atoms with Crippen molar-refractivity contribution in [1.82, 2.24) is 15.5 Å². The molecule has 1 atom stereocenters. The molecule has 0 aliphatic heterocycles. The lowest BCUT2D eigenvalue weighted by Gasteiger charge is -2.10. The Labute approximate surface area is 109 Å². The Kier molecular flexibility index (Phi) is 3.57. The van der Waals surface area contributed by atoms with Gasteiger partial charge in [0.05, 0.1) is 11.9 Å². The van der Waals surface area contributed by atoms with Gasteiger partial charge in [-0.25, -0.2) is 0 Å². The largest absolute Gasteiger partial charge is 0.397 e. The van der Waals surface area contributed by atoms with Gasteiger partial charge in [0, 0.05) is 11.4 Å². The molecule has 1 unspecified atom stereocenters. The van der Waals surface area contributed by atoms with Gasteiger partial charge in [0.2, 0.25) is 0 Å². The number of hydrogen-bond donors (Lipinski definition) is 2. The average Bonchev–Trinajstić information content (AvgIpc) is 2.68. The molecular formula is C12H14N4OS. The van der Waals surface area contributed by atoms with E-state index >= 15 is 0 Å². The van der Waals surface area contributed by atoms with Crippen LogP contribution < -0.4 is 11.1 Å². The first-order valence-corrected chi connectivity index (χ1v) is 6.36. The van der Waals surface area contributed by atoms with E-state index in [1.54, 1.807) is 18.3 Å². The Morgan fingerprint density at radius 3 is 3.17 bits per heavy atom. The number of carbonyl (C=O) groups is 1. The third-order valence-electron chi connectivity index (χ3n) is 2.52. The minimum absolute atomic E-state index is 0.0331. The maximum Gasteiger partial charge on any atom is 0.263 e. The van der Waals surface area contributed by atoms with Gasteiger partial charge in [-0.15, -0.1) is 23.0 Å². The summed E-state index contributed by atoms with van der Waals surface area (Å²) in [6.45, 7) is 5.56. The predicted molar refractivity (Wildman–Crippen MR) is 73.6 cm³/mol. The number of anilines is 1. The number of nitrogen functional groups attached to an aromatic ring is 1. The van der Waals surface area contributed by atoms with Crippen LogP contribution in [0.3, 0.4) is 0 Å². The van der Waals surface area contributed by atoms with Crippen molar-refractivity contribution in [2.45, 2.75) is 19.4 Å². The number of nitrogens with two attached hydrogens (primary N) is 1. The summed E-state index contributed by atoms with van der Waals surface area (Å²) in [5.74, 6) is -0.176. The fourth-order valence-electron chi connectivity index (χ4n) is 1.64. The zero-order valence-corrected chi connectivity index (χ0v) is 10.8. The highest BCUT2D eigenvalue weighted by Gasteiger charge is 2.18. The Morgan fingerprint density at radius 2 is 2.50 bits per heavy atom. The number of amides is 1. The van der Waals surface area contributed by atoms with Gasteiger partial charge in [0.1, 0.15) is 9.71 Å². The molecule has 2 rings (SSSR count). The fourth-order valence-corrected chi connectivity index (χ4v) is 2.58. The highest BCUT2D eigenvalue weighted by Crippen LogP contribution is 2.31. The summed E-state index contributed by atoms with van der Waals surface area (Å²) >= 11 is 1.26. The van der Waals surface area contributed by atoms with Crippen LogP contribution in [-0.2, 0) is 0 Å². The van der Waals surface area contributed by atoms with Crippen molar-refractivity contribution in [1.29, 1.82) is 0 Å². The van der Waals surface area contributed by atoms with Crippen molar-refractivity contribution in [2.24, 2.45) is 0 Å². The first-order chi connectivity index (χ1) is 8.63. The number of fused-ring (bicyclic) bond motifs is 1. The third-order valence-corrected chi connectivity index (χ3v) is 3.63. The number of hydrogen-bond acceptors (Lipinski definition) is 5. The Bertz CT molecular complexity index is 593. The highest BCUT2D eigenvalue weighted by atomic mass is 32.1. The molecule has 0 aromatic carbocycles. The summed E-state index contributed by atoms with van der Waals surface area (Å²) in [5, 5.41) is 11.4. The van der Waals surface area contributed by atoms with Gasteiger partial charge >= 0.3 is 0 Å².